The van der Waals surface area contributed by atoms with E-state index < -0.39 is 58.0 Å². The molecule has 2 bridgehead atoms. The summed E-state index contributed by atoms with van der Waals surface area (Å²) in [6, 6.07) is 1.22. The average molecular weight is 751 g/mol. The number of anilines is 1. The number of thiazole rings is 1. The minimum absolute atomic E-state index is 0.000900. The van der Waals surface area contributed by atoms with E-state index in [-0.39, 0.29) is 50.9 Å². The van der Waals surface area contributed by atoms with Crippen LogP contribution in [0.15, 0.2) is 33.9 Å². The fourth-order valence-electron chi connectivity index (χ4n) is 6.71. The number of rotatable bonds is 10. The Morgan fingerprint density at radius 1 is 1.24 bits per heavy atom. The monoisotopic (exact) mass is 750 g/mol. The highest BCUT2D eigenvalue weighted by Crippen LogP contribution is 2.44. The van der Waals surface area contributed by atoms with Crippen molar-refractivity contribution in [2.24, 2.45) is 5.16 Å². The minimum atomic E-state index is -1.79. The van der Waals surface area contributed by atoms with Gasteiger partial charge >= 0.3 is 11.9 Å². The lowest BCUT2D eigenvalue weighted by Crippen LogP contribution is -2.71. The number of hydrogen-bond donors (Lipinski definition) is 6. The normalized spacial score (nSPS) is 26.1. The number of nitrogens with zero attached hydrogens (tertiary/aromatic N) is 5. The molecule has 20 heteroatoms. The molecule has 7 N–H and O–H groups in total. The zero-order chi connectivity index (χ0) is 36.4. The summed E-state index contributed by atoms with van der Waals surface area (Å²) in [6.45, 7) is 3.66. The Balaban J connectivity index is 1.16. The van der Waals surface area contributed by atoms with Gasteiger partial charge in [0.25, 0.3) is 17.7 Å². The maximum Gasteiger partial charge on any atom is 0.352 e. The third-order valence-corrected chi connectivity index (χ3v) is 11.8. The molecule has 0 saturated carbocycles. The van der Waals surface area contributed by atoms with Crippen molar-refractivity contribution >= 4 is 75.2 Å². The van der Waals surface area contributed by atoms with Crippen LogP contribution in [0.25, 0.3) is 0 Å². The summed E-state index contributed by atoms with van der Waals surface area (Å²) in [5.41, 5.74) is 3.97. The third-order valence-electron chi connectivity index (χ3n) is 9.44. The number of benzene rings is 1. The molecule has 1 aromatic carbocycles. The molecule has 50 heavy (non-hydrogen) atoms. The third kappa shape index (κ3) is 5.96. The fraction of sp³-hybridized carbons (Fsp3) is 0.433. The quantitative estimate of drug-likeness (QED) is 0.0650. The van der Waals surface area contributed by atoms with E-state index in [1.54, 1.807) is 4.90 Å². The highest BCUT2D eigenvalue weighted by molar-refractivity contribution is 8.00. The SMILES string of the molecule is CC(C)(O/N=C(\C(=O)N[C@@H]1C(=O)N2C(C(=O)O)=C(C[N+]3(C)C[C@H]4C[C@@H]3CN4C(=O)c3ccc(O)c(O)c3Cl)CS[C@H]12)c1csc(N)n1)C(=O)O. The smallest absolute Gasteiger partial charge is 0.352 e. The second kappa shape index (κ2) is 12.6. The van der Waals surface area contributed by atoms with Gasteiger partial charge in [-0.15, -0.1) is 23.1 Å². The molecule has 4 aliphatic rings. The first-order chi connectivity index (χ1) is 23.4. The number of nitrogens with one attached hydrogen (secondary N) is 1. The standard InChI is InChI=1S/C30H32ClN7O10S2/c1-30(2,28(46)47)48-35-19(16-11-50-29(32)33-16)23(41)34-20-25(43)37-21(27(44)45)12(10-49-26(20)37)8-38(3)9-13-6-14(38)7-36(13)24(42)15-4-5-17(39)22(40)18(15)31/h4-5,11,13-14,20,26H,6-10H2,1-3H3,(H6-,32,33,34,35,39,40,41,42,44,45,46,47)/p+1/t13-,14-,20-,26-,38?/m1/s1. The minimum Gasteiger partial charge on any atom is -0.504 e. The molecular weight excluding hydrogens is 718 g/mol. The highest BCUT2D eigenvalue weighted by atomic mass is 35.5. The van der Waals surface area contributed by atoms with Crippen LogP contribution in [0.3, 0.4) is 0 Å². The number of phenolic OH excluding ortho intramolecular Hbond substituents is 2. The molecule has 1 unspecified atom stereocenters. The lowest BCUT2D eigenvalue weighted by Gasteiger charge is -2.50. The van der Waals surface area contributed by atoms with Crippen molar-refractivity contribution < 1.29 is 53.7 Å². The predicted molar refractivity (Wildman–Crippen MR) is 179 cm³/mol. The van der Waals surface area contributed by atoms with Crippen LogP contribution in [0.1, 0.15) is 36.3 Å². The zero-order valence-electron chi connectivity index (χ0n) is 26.8. The molecule has 0 radical (unpaired) electrons. The van der Waals surface area contributed by atoms with Gasteiger partial charge in [0.15, 0.2) is 22.3 Å². The van der Waals surface area contributed by atoms with Crippen molar-refractivity contribution in [3.63, 3.8) is 0 Å². The number of likely N-dealkylation sites (tertiary alicyclic amines) is 2. The van der Waals surface area contributed by atoms with Gasteiger partial charge in [-0.3, -0.25) is 19.3 Å². The first-order valence-electron chi connectivity index (χ1n) is 15.2. The van der Waals surface area contributed by atoms with Crippen LogP contribution in [0.5, 0.6) is 11.5 Å². The van der Waals surface area contributed by atoms with Crippen molar-refractivity contribution in [2.45, 2.75) is 49.4 Å². The Morgan fingerprint density at radius 3 is 2.56 bits per heavy atom. The number of carbonyl (C=O) groups is 5. The number of quaternary nitrogens is 1. The Bertz CT molecular complexity index is 1900. The van der Waals surface area contributed by atoms with Crippen LogP contribution >= 0.6 is 34.7 Å². The van der Waals surface area contributed by atoms with Crippen LogP contribution in [0.2, 0.25) is 5.02 Å². The number of oxime groups is 1. The van der Waals surface area contributed by atoms with Gasteiger partial charge < -0.3 is 45.7 Å². The number of carboxylic acid groups (broad SMARTS) is 2. The Labute approximate surface area is 297 Å². The number of nitrogens with two attached hydrogens (primary N) is 1. The molecule has 3 amide bonds. The summed E-state index contributed by atoms with van der Waals surface area (Å²) in [6.07, 6.45) is 0.661. The van der Waals surface area contributed by atoms with Crippen LogP contribution in [0, 0.1) is 0 Å². The molecule has 5 atom stereocenters. The van der Waals surface area contributed by atoms with Gasteiger partial charge in [0.2, 0.25) is 5.60 Å². The van der Waals surface area contributed by atoms with Crippen LogP contribution in [-0.4, -0.2) is 137 Å². The molecule has 3 saturated heterocycles. The largest absolute Gasteiger partial charge is 0.504 e. The van der Waals surface area contributed by atoms with E-state index in [0.29, 0.717) is 36.1 Å². The number of nitrogen functional groups attached to an aromatic ring is 1. The molecule has 6 rings (SSSR count). The topological polar surface area (TPSA) is 245 Å². The van der Waals surface area contributed by atoms with Crippen molar-refractivity contribution in [3.8, 4) is 11.5 Å². The van der Waals surface area contributed by atoms with E-state index in [9.17, 15) is 44.4 Å². The molecule has 2 aromatic rings. The van der Waals surface area contributed by atoms with Crippen molar-refractivity contribution in [2.75, 3.05) is 38.2 Å². The van der Waals surface area contributed by atoms with Gasteiger partial charge in [-0.1, -0.05) is 16.8 Å². The number of β-lactam (4-membered cyclic amide) rings is 1. The second-order valence-electron chi connectivity index (χ2n) is 13.2. The van der Waals surface area contributed by atoms with E-state index in [4.69, 9.17) is 22.2 Å². The Hall–Kier alpha value is -4.59. The van der Waals surface area contributed by atoms with Crippen molar-refractivity contribution in [1.82, 2.24) is 20.1 Å². The summed E-state index contributed by atoms with van der Waals surface area (Å²) in [4.78, 5) is 76.3. The summed E-state index contributed by atoms with van der Waals surface area (Å²) >= 11 is 8.45. The number of fused-ring (bicyclic) bond motifs is 3. The van der Waals surface area contributed by atoms with Crippen LogP contribution in [-0.2, 0) is 24.0 Å². The average Bonchev–Trinajstić information content (AvgIpc) is 3.76. The van der Waals surface area contributed by atoms with Gasteiger partial charge in [0.1, 0.15) is 35.4 Å². The van der Waals surface area contributed by atoms with E-state index >= 15 is 0 Å². The number of carboxylic acids is 2. The first-order valence-corrected chi connectivity index (χ1v) is 17.5. The van der Waals surface area contributed by atoms with Gasteiger partial charge in [0.05, 0.1) is 36.8 Å². The van der Waals surface area contributed by atoms with E-state index in [2.05, 4.69) is 15.5 Å². The van der Waals surface area contributed by atoms with E-state index in [1.807, 2.05) is 7.05 Å². The van der Waals surface area contributed by atoms with Crippen LogP contribution < -0.4 is 11.1 Å². The maximum atomic E-state index is 13.5. The fourth-order valence-corrected chi connectivity index (χ4v) is 8.84. The number of likely N-dealkylation sites (N-methyl/N-ethyl adjacent to an activating group) is 1. The first kappa shape index (κ1) is 35.2. The molecule has 0 spiro atoms. The van der Waals surface area contributed by atoms with E-state index in [0.717, 1.165) is 16.2 Å². The number of carbonyl (C=O) groups excluding carboxylic acids is 3. The van der Waals surface area contributed by atoms with Gasteiger partial charge in [0, 0.05) is 23.1 Å². The number of hydrogen-bond acceptors (Lipinski definition) is 13. The Kier molecular flexibility index (Phi) is 8.90. The zero-order valence-corrected chi connectivity index (χ0v) is 29.2. The number of aromatic nitrogens is 1. The van der Waals surface area contributed by atoms with Gasteiger partial charge in [-0.2, -0.15) is 0 Å². The molecule has 3 fully saturated rings. The van der Waals surface area contributed by atoms with Crippen LogP contribution in [0.4, 0.5) is 5.13 Å². The van der Waals surface area contributed by atoms with E-state index in [1.165, 1.54) is 43.1 Å². The highest BCUT2D eigenvalue weighted by Gasteiger charge is 2.58. The number of thioether (sulfide) groups is 1. The van der Waals surface area contributed by atoms with Gasteiger partial charge in [-0.05, 0) is 26.0 Å². The Morgan fingerprint density at radius 2 is 1.96 bits per heavy atom. The summed E-state index contributed by atoms with van der Waals surface area (Å²) in [5.74, 6) is -5.29. The molecule has 17 nitrogen and oxygen atoms in total. The molecule has 4 aliphatic heterocycles. The lowest BCUT2D eigenvalue weighted by atomic mass is 10.0. The number of amides is 3. The molecular formula is C30H33ClN7O10S2+. The number of aromatic hydroxyl groups is 2. The molecule has 0 aliphatic carbocycles. The van der Waals surface area contributed by atoms with Gasteiger partial charge in [-0.25, -0.2) is 14.6 Å². The maximum absolute atomic E-state index is 13.5. The number of piperazine rings is 1. The second-order valence-corrected chi connectivity index (χ2v) is 15.5. The number of aliphatic carboxylic acids is 2. The predicted octanol–water partition coefficient (Wildman–Crippen LogP) is 0.856. The van der Waals surface area contributed by atoms with Crippen molar-refractivity contribution in [1.29, 1.82) is 0 Å². The summed E-state index contributed by atoms with van der Waals surface area (Å²) in [7, 11) is 1.98. The molecule has 1 aromatic heterocycles. The molecule has 5 heterocycles. The molecule has 266 valence electrons. The number of phenols is 2. The summed E-state index contributed by atoms with van der Waals surface area (Å²) < 4.78 is 0.436. The van der Waals surface area contributed by atoms with Crippen molar-refractivity contribution in [3.05, 3.63) is 45.1 Å². The summed E-state index contributed by atoms with van der Waals surface area (Å²) in [5, 5.41) is 46.3. The number of halogens is 1. The lowest BCUT2D eigenvalue weighted by molar-refractivity contribution is -0.920.